The molecule has 0 amide bonds. The number of benzene rings is 3. The van der Waals surface area contributed by atoms with E-state index >= 15 is 0 Å². The molecule has 6 heteroatoms. The van der Waals surface area contributed by atoms with Crippen molar-refractivity contribution in [2.24, 2.45) is 0 Å². The van der Waals surface area contributed by atoms with Gasteiger partial charge in [0, 0.05) is 35.4 Å². The molecule has 3 aromatic rings. The van der Waals surface area contributed by atoms with Gasteiger partial charge in [-0.2, -0.15) is 0 Å². The van der Waals surface area contributed by atoms with E-state index < -0.39 is 10.6 Å². The quantitative estimate of drug-likeness (QED) is 0.275. The number of aryl methyl sites for hydroxylation is 2. The van der Waals surface area contributed by atoms with Gasteiger partial charge in [-0.15, -0.1) is 0 Å². The molecule has 0 aliphatic carbocycles. The molecule has 3 rings (SSSR count). The SMILES string of the molecule is Cc1ccc(C(O)(NCc2ccc([N+](=O)[O-])cc2)c2cccc(C)c2C=O)cc1. The van der Waals surface area contributed by atoms with Crippen LogP contribution in [-0.2, 0) is 12.3 Å². The predicted molar refractivity (Wildman–Crippen MR) is 111 cm³/mol. The normalized spacial score (nSPS) is 12.9. The largest absolute Gasteiger partial charge is 0.367 e. The molecule has 0 fully saturated rings. The highest BCUT2D eigenvalue weighted by Gasteiger charge is 2.33. The van der Waals surface area contributed by atoms with Crippen molar-refractivity contribution in [1.82, 2.24) is 5.32 Å². The number of aliphatic hydroxyl groups is 1. The molecule has 0 saturated heterocycles. The molecule has 0 aliphatic rings. The topological polar surface area (TPSA) is 92.5 Å². The summed E-state index contributed by atoms with van der Waals surface area (Å²) >= 11 is 0. The molecular weight excluding hydrogens is 368 g/mol. The van der Waals surface area contributed by atoms with Crippen LogP contribution in [0.5, 0.6) is 0 Å². The number of nitrogens with one attached hydrogen (secondary N) is 1. The van der Waals surface area contributed by atoms with Crippen LogP contribution < -0.4 is 5.32 Å². The smallest absolute Gasteiger partial charge is 0.269 e. The van der Waals surface area contributed by atoms with Crippen LogP contribution in [0.1, 0.15) is 38.2 Å². The molecule has 0 radical (unpaired) electrons. The zero-order valence-electron chi connectivity index (χ0n) is 16.3. The van der Waals surface area contributed by atoms with E-state index in [1.165, 1.54) is 12.1 Å². The van der Waals surface area contributed by atoms with E-state index in [4.69, 9.17) is 0 Å². The van der Waals surface area contributed by atoms with Crippen molar-refractivity contribution in [2.45, 2.75) is 26.1 Å². The maximum absolute atomic E-state index is 11.8. The Balaban J connectivity index is 2.02. The maximum atomic E-state index is 11.8. The minimum atomic E-state index is -1.61. The van der Waals surface area contributed by atoms with Crippen LogP contribution in [0.25, 0.3) is 0 Å². The van der Waals surface area contributed by atoms with Crippen LogP contribution in [-0.4, -0.2) is 16.3 Å². The highest BCUT2D eigenvalue weighted by Crippen LogP contribution is 2.31. The number of hydrogen-bond donors (Lipinski definition) is 2. The first kappa shape index (κ1) is 20.4. The Morgan fingerprint density at radius 3 is 2.28 bits per heavy atom. The van der Waals surface area contributed by atoms with Crippen LogP contribution in [0.3, 0.4) is 0 Å². The van der Waals surface area contributed by atoms with Gasteiger partial charge < -0.3 is 5.11 Å². The lowest BCUT2D eigenvalue weighted by Gasteiger charge is -2.32. The van der Waals surface area contributed by atoms with E-state index in [2.05, 4.69) is 5.32 Å². The molecule has 29 heavy (non-hydrogen) atoms. The van der Waals surface area contributed by atoms with Crippen molar-refractivity contribution in [1.29, 1.82) is 0 Å². The van der Waals surface area contributed by atoms with Gasteiger partial charge in [0.2, 0.25) is 0 Å². The summed E-state index contributed by atoms with van der Waals surface area (Å²) in [5.74, 6) is 0. The first-order chi connectivity index (χ1) is 13.8. The number of nitro benzene ring substituents is 1. The van der Waals surface area contributed by atoms with Crippen molar-refractivity contribution < 1.29 is 14.8 Å². The van der Waals surface area contributed by atoms with Gasteiger partial charge in [-0.3, -0.25) is 20.2 Å². The van der Waals surface area contributed by atoms with Crippen molar-refractivity contribution in [3.63, 3.8) is 0 Å². The number of hydrogen-bond acceptors (Lipinski definition) is 5. The number of nitro groups is 1. The van der Waals surface area contributed by atoms with E-state index in [-0.39, 0.29) is 12.2 Å². The van der Waals surface area contributed by atoms with Gasteiger partial charge in [0.1, 0.15) is 0 Å². The summed E-state index contributed by atoms with van der Waals surface area (Å²) in [4.78, 5) is 22.1. The summed E-state index contributed by atoms with van der Waals surface area (Å²) in [6.45, 7) is 4.02. The first-order valence-corrected chi connectivity index (χ1v) is 9.18. The Kier molecular flexibility index (Phi) is 5.87. The molecule has 3 aromatic carbocycles. The Labute approximate surface area is 169 Å². The summed E-state index contributed by atoms with van der Waals surface area (Å²) in [5, 5.41) is 25.7. The van der Waals surface area contributed by atoms with E-state index in [0.29, 0.717) is 16.7 Å². The number of nitrogens with zero attached hydrogens (tertiary/aromatic N) is 1. The third kappa shape index (κ3) is 4.23. The van der Waals surface area contributed by atoms with Gasteiger partial charge in [0.15, 0.2) is 12.0 Å². The molecule has 1 atom stereocenters. The Morgan fingerprint density at radius 2 is 1.69 bits per heavy atom. The van der Waals surface area contributed by atoms with E-state index in [0.717, 1.165) is 23.0 Å². The summed E-state index contributed by atoms with van der Waals surface area (Å²) in [6.07, 6.45) is 0.747. The molecule has 148 valence electrons. The fourth-order valence-corrected chi connectivity index (χ4v) is 3.27. The second-order valence-corrected chi connectivity index (χ2v) is 7.01. The third-order valence-corrected chi connectivity index (χ3v) is 5.00. The summed E-state index contributed by atoms with van der Waals surface area (Å²) < 4.78 is 0. The van der Waals surface area contributed by atoms with E-state index in [1.807, 2.05) is 44.2 Å². The predicted octanol–water partition coefficient (Wildman–Crippen LogP) is 4.01. The number of aldehydes is 1. The molecular formula is C23H22N2O4. The summed E-state index contributed by atoms with van der Waals surface area (Å²) in [5.41, 5.74) is 2.44. The average Bonchev–Trinajstić information content (AvgIpc) is 2.72. The van der Waals surface area contributed by atoms with Gasteiger partial charge >= 0.3 is 0 Å². The minimum Gasteiger partial charge on any atom is -0.367 e. The molecule has 0 heterocycles. The number of carbonyl (C=O) groups is 1. The minimum absolute atomic E-state index is 0.00414. The van der Waals surface area contributed by atoms with Crippen LogP contribution in [0.2, 0.25) is 0 Å². The lowest BCUT2D eigenvalue weighted by Crippen LogP contribution is -2.43. The van der Waals surface area contributed by atoms with Crippen LogP contribution >= 0.6 is 0 Å². The molecule has 0 aliphatic heterocycles. The van der Waals surface area contributed by atoms with Crippen molar-refractivity contribution in [2.75, 3.05) is 0 Å². The standard InChI is InChI=1S/C23H22N2O4/c1-16-6-10-19(11-7-16)23(27,22-5-3-4-17(2)21(22)15-26)24-14-18-8-12-20(13-9-18)25(28)29/h3-13,15,24,27H,14H2,1-2H3. The number of carbonyl (C=O) groups excluding carboxylic acids is 1. The van der Waals surface area contributed by atoms with Crippen molar-refractivity contribution >= 4 is 12.0 Å². The molecule has 0 spiro atoms. The van der Waals surface area contributed by atoms with Crippen LogP contribution in [0.15, 0.2) is 66.7 Å². The molecule has 0 bridgehead atoms. The maximum Gasteiger partial charge on any atom is 0.269 e. The van der Waals surface area contributed by atoms with Gasteiger partial charge in [-0.1, -0.05) is 60.2 Å². The highest BCUT2D eigenvalue weighted by molar-refractivity contribution is 5.80. The first-order valence-electron chi connectivity index (χ1n) is 9.18. The molecule has 0 aromatic heterocycles. The van der Waals surface area contributed by atoms with Gasteiger partial charge in [0.05, 0.1) is 4.92 Å². The van der Waals surface area contributed by atoms with Gasteiger partial charge in [-0.05, 0) is 25.0 Å². The van der Waals surface area contributed by atoms with E-state index in [1.54, 1.807) is 24.3 Å². The van der Waals surface area contributed by atoms with Gasteiger partial charge in [-0.25, -0.2) is 0 Å². The second kappa shape index (κ2) is 8.34. The molecule has 6 nitrogen and oxygen atoms in total. The number of rotatable bonds is 7. The summed E-state index contributed by atoms with van der Waals surface area (Å²) in [6, 6.07) is 18.9. The zero-order chi connectivity index (χ0) is 21.0. The van der Waals surface area contributed by atoms with Crippen molar-refractivity contribution in [3.8, 4) is 0 Å². The Morgan fingerprint density at radius 1 is 1.03 bits per heavy atom. The van der Waals surface area contributed by atoms with Crippen LogP contribution in [0.4, 0.5) is 5.69 Å². The van der Waals surface area contributed by atoms with Gasteiger partial charge in [0.25, 0.3) is 5.69 Å². The lowest BCUT2D eigenvalue weighted by molar-refractivity contribution is -0.384. The second-order valence-electron chi connectivity index (χ2n) is 7.01. The highest BCUT2D eigenvalue weighted by atomic mass is 16.6. The Bertz CT molecular complexity index is 1030. The fraction of sp³-hybridized carbons (Fsp3) is 0.174. The van der Waals surface area contributed by atoms with Crippen molar-refractivity contribution in [3.05, 3.63) is 110 Å². The molecule has 2 N–H and O–H groups in total. The van der Waals surface area contributed by atoms with E-state index in [9.17, 15) is 20.0 Å². The lowest BCUT2D eigenvalue weighted by atomic mass is 9.88. The molecule has 1 unspecified atom stereocenters. The number of non-ortho nitro benzene ring substituents is 1. The third-order valence-electron chi connectivity index (χ3n) is 5.00. The Hall–Kier alpha value is -3.35. The molecule has 0 saturated carbocycles. The monoisotopic (exact) mass is 390 g/mol. The summed E-state index contributed by atoms with van der Waals surface area (Å²) in [7, 11) is 0. The van der Waals surface area contributed by atoms with Crippen LogP contribution in [0, 0.1) is 24.0 Å². The fourth-order valence-electron chi connectivity index (χ4n) is 3.27. The zero-order valence-corrected chi connectivity index (χ0v) is 16.3. The average molecular weight is 390 g/mol.